The minimum Gasteiger partial charge on any atom is -0.394 e. The van der Waals surface area contributed by atoms with E-state index < -0.39 is 5.54 Å². The van der Waals surface area contributed by atoms with E-state index in [1.54, 1.807) is 6.20 Å². The van der Waals surface area contributed by atoms with Gasteiger partial charge in [-0.15, -0.1) is 0 Å². The molecule has 1 rings (SSSR count). The van der Waals surface area contributed by atoms with Gasteiger partial charge in [0.15, 0.2) is 0 Å². The van der Waals surface area contributed by atoms with Crippen LogP contribution in [0.3, 0.4) is 0 Å². The van der Waals surface area contributed by atoms with Crippen LogP contribution in [0.5, 0.6) is 0 Å². The van der Waals surface area contributed by atoms with Gasteiger partial charge in [0.05, 0.1) is 6.61 Å². The standard InChI is InChI=1S/C10H19N3O/c1-3-9-12-5-7-13(9)6-4-10(2,11)8-14/h5,7,14H,3-4,6,8,11H2,1-2H3. The highest BCUT2D eigenvalue weighted by molar-refractivity contribution is 4.92. The van der Waals surface area contributed by atoms with Crippen molar-refractivity contribution in [3.05, 3.63) is 18.2 Å². The van der Waals surface area contributed by atoms with Crippen molar-refractivity contribution in [2.45, 2.75) is 38.8 Å². The van der Waals surface area contributed by atoms with Crippen LogP contribution >= 0.6 is 0 Å². The largest absolute Gasteiger partial charge is 0.394 e. The van der Waals surface area contributed by atoms with Gasteiger partial charge in [0.25, 0.3) is 0 Å². The molecule has 1 heterocycles. The molecule has 0 amide bonds. The number of nitrogens with zero attached hydrogens (tertiary/aromatic N) is 2. The summed E-state index contributed by atoms with van der Waals surface area (Å²) in [6, 6.07) is 0. The maximum atomic E-state index is 9.00. The summed E-state index contributed by atoms with van der Waals surface area (Å²) in [7, 11) is 0. The van der Waals surface area contributed by atoms with Crippen LogP contribution in [-0.2, 0) is 13.0 Å². The third kappa shape index (κ3) is 2.82. The molecule has 0 radical (unpaired) electrons. The average molecular weight is 197 g/mol. The first-order chi connectivity index (χ1) is 6.59. The third-order valence-corrected chi connectivity index (χ3v) is 2.40. The van der Waals surface area contributed by atoms with Crippen molar-refractivity contribution in [2.75, 3.05) is 6.61 Å². The molecule has 0 aromatic carbocycles. The minimum atomic E-state index is -0.491. The van der Waals surface area contributed by atoms with E-state index in [-0.39, 0.29) is 6.61 Å². The molecule has 0 spiro atoms. The summed E-state index contributed by atoms with van der Waals surface area (Å²) >= 11 is 0. The number of nitrogens with two attached hydrogens (primary N) is 1. The predicted molar refractivity (Wildman–Crippen MR) is 55.9 cm³/mol. The molecule has 1 aromatic rings. The van der Waals surface area contributed by atoms with Crippen LogP contribution in [0.15, 0.2) is 12.4 Å². The van der Waals surface area contributed by atoms with Crippen LogP contribution < -0.4 is 5.73 Å². The van der Waals surface area contributed by atoms with Crippen LogP contribution in [0.4, 0.5) is 0 Å². The second-order valence-electron chi connectivity index (χ2n) is 3.95. The summed E-state index contributed by atoms with van der Waals surface area (Å²) in [6.07, 6.45) is 5.43. The lowest BCUT2D eigenvalue weighted by Crippen LogP contribution is -2.41. The highest BCUT2D eigenvalue weighted by atomic mass is 16.3. The molecular formula is C10H19N3O. The quantitative estimate of drug-likeness (QED) is 0.724. The van der Waals surface area contributed by atoms with Crippen molar-refractivity contribution < 1.29 is 5.11 Å². The Morgan fingerprint density at radius 3 is 2.93 bits per heavy atom. The SMILES string of the molecule is CCc1nccn1CCC(C)(N)CO. The highest BCUT2D eigenvalue weighted by Crippen LogP contribution is 2.08. The first kappa shape index (κ1) is 11.2. The lowest BCUT2D eigenvalue weighted by Gasteiger charge is -2.22. The number of hydrogen-bond donors (Lipinski definition) is 2. The van der Waals surface area contributed by atoms with Crippen molar-refractivity contribution in [1.29, 1.82) is 0 Å². The second kappa shape index (κ2) is 4.57. The second-order valence-corrected chi connectivity index (χ2v) is 3.95. The third-order valence-electron chi connectivity index (χ3n) is 2.40. The Labute approximate surface area is 84.8 Å². The van der Waals surface area contributed by atoms with Gasteiger partial charge in [-0.3, -0.25) is 0 Å². The summed E-state index contributed by atoms with van der Waals surface area (Å²) in [5, 5.41) is 9.00. The van der Waals surface area contributed by atoms with Gasteiger partial charge in [-0.05, 0) is 13.3 Å². The Morgan fingerprint density at radius 1 is 1.64 bits per heavy atom. The fourth-order valence-corrected chi connectivity index (χ4v) is 1.31. The molecule has 14 heavy (non-hydrogen) atoms. The molecule has 0 fully saturated rings. The molecule has 0 aliphatic carbocycles. The Morgan fingerprint density at radius 2 is 2.36 bits per heavy atom. The van der Waals surface area contributed by atoms with Crippen molar-refractivity contribution in [1.82, 2.24) is 9.55 Å². The maximum absolute atomic E-state index is 9.00. The van der Waals surface area contributed by atoms with E-state index >= 15 is 0 Å². The van der Waals surface area contributed by atoms with Gasteiger partial charge in [0.1, 0.15) is 5.82 Å². The molecule has 0 aliphatic rings. The van der Waals surface area contributed by atoms with Gasteiger partial charge in [-0.1, -0.05) is 6.92 Å². The fourth-order valence-electron chi connectivity index (χ4n) is 1.31. The minimum absolute atomic E-state index is 0.0170. The fraction of sp³-hybridized carbons (Fsp3) is 0.700. The van der Waals surface area contributed by atoms with E-state index in [1.165, 1.54) is 0 Å². The molecule has 0 aliphatic heterocycles. The molecule has 80 valence electrons. The van der Waals surface area contributed by atoms with E-state index in [0.717, 1.165) is 25.2 Å². The van der Waals surface area contributed by atoms with Crippen molar-refractivity contribution in [3.8, 4) is 0 Å². The monoisotopic (exact) mass is 197 g/mol. The summed E-state index contributed by atoms with van der Waals surface area (Å²) < 4.78 is 2.08. The van der Waals surface area contributed by atoms with E-state index in [4.69, 9.17) is 10.8 Å². The van der Waals surface area contributed by atoms with Crippen molar-refractivity contribution in [3.63, 3.8) is 0 Å². The number of imidazole rings is 1. The van der Waals surface area contributed by atoms with Gasteiger partial charge < -0.3 is 15.4 Å². The molecule has 3 N–H and O–H groups in total. The number of hydrogen-bond acceptors (Lipinski definition) is 3. The summed E-state index contributed by atoms with van der Waals surface area (Å²) in [5.41, 5.74) is 5.35. The molecule has 0 saturated carbocycles. The van der Waals surface area contributed by atoms with Gasteiger partial charge in [-0.2, -0.15) is 0 Å². The molecule has 4 nitrogen and oxygen atoms in total. The van der Waals surface area contributed by atoms with Crippen molar-refractivity contribution in [2.24, 2.45) is 5.73 Å². The molecular weight excluding hydrogens is 178 g/mol. The molecule has 0 bridgehead atoms. The Kier molecular flexibility index (Phi) is 3.66. The van der Waals surface area contributed by atoms with E-state index in [1.807, 2.05) is 13.1 Å². The lowest BCUT2D eigenvalue weighted by atomic mass is 10.0. The number of aryl methyl sites for hydroxylation is 2. The van der Waals surface area contributed by atoms with Crippen LogP contribution in [-0.4, -0.2) is 26.8 Å². The molecule has 4 heteroatoms. The highest BCUT2D eigenvalue weighted by Gasteiger charge is 2.16. The van der Waals surface area contributed by atoms with Crippen LogP contribution in [0.2, 0.25) is 0 Å². The molecule has 0 saturated heterocycles. The van der Waals surface area contributed by atoms with Gasteiger partial charge in [0.2, 0.25) is 0 Å². The zero-order chi connectivity index (χ0) is 10.6. The van der Waals surface area contributed by atoms with Gasteiger partial charge in [-0.25, -0.2) is 4.98 Å². The van der Waals surface area contributed by atoms with E-state index in [2.05, 4.69) is 16.5 Å². The molecule has 1 unspecified atom stereocenters. The Balaban J connectivity index is 2.53. The first-order valence-electron chi connectivity index (χ1n) is 4.99. The smallest absolute Gasteiger partial charge is 0.108 e. The summed E-state index contributed by atoms with van der Waals surface area (Å²) in [4.78, 5) is 4.22. The number of aliphatic hydroxyl groups excluding tert-OH is 1. The Bertz CT molecular complexity index is 281. The zero-order valence-electron chi connectivity index (χ0n) is 8.90. The van der Waals surface area contributed by atoms with Gasteiger partial charge >= 0.3 is 0 Å². The lowest BCUT2D eigenvalue weighted by molar-refractivity contribution is 0.195. The number of rotatable bonds is 5. The van der Waals surface area contributed by atoms with Crippen LogP contribution in [0, 0.1) is 0 Å². The van der Waals surface area contributed by atoms with Crippen LogP contribution in [0.25, 0.3) is 0 Å². The summed E-state index contributed by atoms with van der Waals surface area (Å²) in [6.45, 7) is 4.77. The number of aromatic nitrogens is 2. The number of aliphatic hydroxyl groups is 1. The average Bonchev–Trinajstić information content (AvgIpc) is 2.62. The molecule has 1 aromatic heterocycles. The predicted octanol–water partition coefficient (Wildman–Crippen LogP) is 0.545. The normalized spacial score (nSPS) is 15.4. The van der Waals surface area contributed by atoms with E-state index in [0.29, 0.717) is 0 Å². The summed E-state index contributed by atoms with van der Waals surface area (Å²) in [5.74, 6) is 1.07. The van der Waals surface area contributed by atoms with Gasteiger partial charge in [0, 0.05) is 30.9 Å². The zero-order valence-corrected chi connectivity index (χ0v) is 8.90. The Hall–Kier alpha value is -0.870. The maximum Gasteiger partial charge on any atom is 0.108 e. The van der Waals surface area contributed by atoms with Crippen molar-refractivity contribution >= 4 is 0 Å². The first-order valence-corrected chi connectivity index (χ1v) is 4.99. The van der Waals surface area contributed by atoms with E-state index in [9.17, 15) is 0 Å². The topological polar surface area (TPSA) is 64.1 Å². The molecule has 1 atom stereocenters. The van der Waals surface area contributed by atoms with Crippen LogP contribution in [0.1, 0.15) is 26.1 Å².